The Kier molecular flexibility index (Phi) is 8.95. The van der Waals surface area contributed by atoms with Gasteiger partial charge in [-0.05, 0) is 58.6 Å². The zero-order valence-electron chi connectivity index (χ0n) is 23.1. The van der Waals surface area contributed by atoms with Gasteiger partial charge in [0.2, 0.25) is 11.8 Å². The maximum absolute atomic E-state index is 13.9. The van der Waals surface area contributed by atoms with Gasteiger partial charge in [-0.2, -0.15) is 0 Å². The van der Waals surface area contributed by atoms with Crippen LogP contribution < -0.4 is 10.1 Å². The van der Waals surface area contributed by atoms with Crippen LogP contribution in [0.25, 0.3) is 0 Å². The molecule has 41 heavy (non-hydrogen) atoms. The van der Waals surface area contributed by atoms with E-state index in [1.54, 1.807) is 19.2 Å². The molecule has 13 heteroatoms. The number of pyridine rings is 1. The van der Waals surface area contributed by atoms with Crippen LogP contribution >= 0.6 is 0 Å². The fourth-order valence-electron chi connectivity index (χ4n) is 4.49. The molecule has 3 aromatic rings. The van der Waals surface area contributed by atoms with Crippen LogP contribution in [0.1, 0.15) is 68.6 Å². The van der Waals surface area contributed by atoms with Crippen molar-refractivity contribution >= 4 is 17.6 Å². The molecule has 1 amide bonds. The van der Waals surface area contributed by atoms with Crippen LogP contribution in [-0.4, -0.2) is 52.5 Å². The Morgan fingerprint density at radius 1 is 1.07 bits per heavy atom. The smallest absolute Gasteiger partial charge is 0.314 e. The molecule has 0 saturated heterocycles. The number of rotatable bonds is 9. The number of anilines is 1. The van der Waals surface area contributed by atoms with E-state index in [1.807, 2.05) is 20.8 Å². The third-order valence-corrected chi connectivity index (χ3v) is 6.52. The number of nitrogens with one attached hydrogen (secondary N) is 1. The van der Waals surface area contributed by atoms with E-state index in [0.29, 0.717) is 49.4 Å². The Balaban J connectivity index is 1.30. The lowest BCUT2D eigenvalue weighted by Crippen LogP contribution is -2.45. The highest BCUT2D eigenvalue weighted by Gasteiger charge is 2.45. The van der Waals surface area contributed by atoms with E-state index in [0.717, 1.165) is 0 Å². The predicted octanol–water partition coefficient (Wildman–Crippen LogP) is 5.02. The number of aromatic nitrogens is 3. The highest BCUT2D eigenvalue weighted by molar-refractivity contribution is 6.00. The molecule has 4 rings (SSSR count). The first-order chi connectivity index (χ1) is 19.4. The molecule has 220 valence electrons. The summed E-state index contributed by atoms with van der Waals surface area (Å²) in [7, 11) is 1.56. The molecule has 0 aliphatic heterocycles. The van der Waals surface area contributed by atoms with Gasteiger partial charge in [-0.3, -0.25) is 9.59 Å². The van der Waals surface area contributed by atoms with Crippen molar-refractivity contribution in [2.45, 2.75) is 64.6 Å². The van der Waals surface area contributed by atoms with Crippen LogP contribution in [0.4, 0.5) is 18.9 Å². The van der Waals surface area contributed by atoms with Crippen LogP contribution in [0, 0.1) is 22.9 Å². The van der Waals surface area contributed by atoms with Gasteiger partial charge in [0.25, 0.3) is 0 Å². The number of nitrogens with zero attached hydrogens (tertiary/aromatic N) is 3. The van der Waals surface area contributed by atoms with Gasteiger partial charge in [-0.25, -0.2) is 18.2 Å². The molecule has 0 bridgehead atoms. The van der Waals surface area contributed by atoms with Gasteiger partial charge in [0.1, 0.15) is 17.5 Å². The Bertz CT molecular complexity index is 1380. The van der Waals surface area contributed by atoms with E-state index >= 15 is 0 Å². The maximum atomic E-state index is 13.9. The summed E-state index contributed by atoms with van der Waals surface area (Å²) in [6.07, 6.45) is 3.20. The molecule has 1 fully saturated rings. The van der Waals surface area contributed by atoms with Crippen molar-refractivity contribution in [2.75, 3.05) is 19.0 Å². The first-order valence-corrected chi connectivity index (χ1v) is 13.0. The van der Waals surface area contributed by atoms with Crippen LogP contribution in [0.5, 0.6) is 5.88 Å². The Morgan fingerprint density at radius 2 is 1.78 bits per heavy atom. The molecule has 2 heterocycles. The number of benzene rings is 1. The van der Waals surface area contributed by atoms with Crippen LogP contribution in [0.3, 0.4) is 0 Å². The first kappa shape index (κ1) is 30.0. The summed E-state index contributed by atoms with van der Waals surface area (Å²) in [6, 6.07) is 4.27. The summed E-state index contributed by atoms with van der Waals surface area (Å²) in [6.45, 7) is 5.76. The number of hydrogen-bond donors (Lipinski definition) is 1. The number of hydrogen-bond acceptors (Lipinski definition) is 9. The lowest BCUT2D eigenvalue weighted by Gasteiger charge is -2.39. The van der Waals surface area contributed by atoms with Gasteiger partial charge in [0.15, 0.2) is 11.6 Å². The molecule has 1 aliphatic carbocycles. The van der Waals surface area contributed by atoms with Crippen molar-refractivity contribution in [3.63, 3.8) is 0 Å². The highest BCUT2D eigenvalue weighted by atomic mass is 19.2. The van der Waals surface area contributed by atoms with E-state index in [1.165, 1.54) is 6.20 Å². The first-order valence-electron chi connectivity index (χ1n) is 13.0. The van der Waals surface area contributed by atoms with E-state index in [2.05, 4.69) is 20.5 Å². The van der Waals surface area contributed by atoms with Gasteiger partial charge in [0, 0.05) is 24.8 Å². The lowest BCUT2D eigenvalue weighted by atomic mass is 9.73. The SMILES string of the molecule is COCC1(C(=O)OC(C)(C)C)CCC(Oc2ccc(NC(=O)c3nnc(Cc4cc(F)c(F)cc4F)o3)cn2)CC1. The zero-order valence-corrected chi connectivity index (χ0v) is 23.1. The summed E-state index contributed by atoms with van der Waals surface area (Å²) < 4.78 is 62.7. The van der Waals surface area contributed by atoms with Crippen molar-refractivity contribution in [3.05, 3.63) is 65.3 Å². The van der Waals surface area contributed by atoms with Crippen LogP contribution in [0.2, 0.25) is 0 Å². The number of esters is 1. The number of carbonyl (C=O) groups is 2. The summed E-state index contributed by atoms with van der Waals surface area (Å²) >= 11 is 0. The van der Waals surface area contributed by atoms with Crippen molar-refractivity contribution in [3.8, 4) is 5.88 Å². The van der Waals surface area contributed by atoms with Crippen LogP contribution in [0.15, 0.2) is 34.9 Å². The molecule has 0 spiro atoms. The van der Waals surface area contributed by atoms with Gasteiger partial charge in [-0.15, -0.1) is 10.2 Å². The molecule has 10 nitrogen and oxygen atoms in total. The molecule has 0 radical (unpaired) electrons. The average molecular weight is 577 g/mol. The summed E-state index contributed by atoms with van der Waals surface area (Å²) in [5.74, 6) is -4.75. The number of halogens is 3. The van der Waals surface area contributed by atoms with Gasteiger partial charge >= 0.3 is 17.8 Å². The van der Waals surface area contributed by atoms with Gasteiger partial charge < -0.3 is 23.9 Å². The monoisotopic (exact) mass is 576 g/mol. The topological polar surface area (TPSA) is 126 Å². The van der Waals surface area contributed by atoms with E-state index in [9.17, 15) is 22.8 Å². The summed E-state index contributed by atoms with van der Waals surface area (Å²) in [4.78, 5) is 29.6. The van der Waals surface area contributed by atoms with E-state index < -0.39 is 40.3 Å². The predicted molar refractivity (Wildman–Crippen MR) is 139 cm³/mol. The Hall–Kier alpha value is -4.00. The van der Waals surface area contributed by atoms with E-state index in [-0.39, 0.29) is 36.6 Å². The fourth-order valence-corrected chi connectivity index (χ4v) is 4.49. The maximum Gasteiger partial charge on any atom is 0.314 e. The second-order valence-corrected chi connectivity index (χ2v) is 10.9. The molecule has 0 atom stereocenters. The molecule has 1 aromatic carbocycles. The quantitative estimate of drug-likeness (QED) is 0.276. The molecular weight excluding hydrogens is 545 g/mol. The number of carbonyl (C=O) groups excluding carboxylic acids is 2. The molecular formula is C28H31F3N4O6. The second kappa shape index (κ2) is 12.2. The fraction of sp³-hybridized carbons (Fsp3) is 0.464. The Labute approximate surface area is 234 Å². The number of ether oxygens (including phenoxy) is 3. The minimum absolute atomic E-state index is 0.157. The van der Waals surface area contributed by atoms with Crippen molar-refractivity contribution < 1.29 is 41.4 Å². The minimum Gasteiger partial charge on any atom is -0.474 e. The minimum atomic E-state index is -1.32. The number of amides is 1. The van der Waals surface area contributed by atoms with E-state index in [4.69, 9.17) is 18.6 Å². The van der Waals surface area contributed by atoms with Crippen molar-refractivity contribution in [1.82, 2.24) is 15.2 Å². The normalized spacial score (nSPS) is 19.0. The Morgan fingerprint density at radius 3 is 2.41 bits per heavy atom. The molecule has 0 unspecified atom stereocenters. The number of methoxy groups -OCH3 is 1. The zero-order chi connectivity index (χ0) is 29.8. The standard InChI is InChI=1S/C28H31F3N4O6/c1-27(2,3)41-26(37)28(15-38-4)9-7-18(8-10-28)39-22-6-5-17(14-32-22)33-24(36)25-35-34-23(40-25)12-16-11-20(30)21(31)13-19(16)29/h5-6,11,13-14,18H,7-10,12,15H2,1-4H3,(H,33,36). The molecule has 1 aliphatic rings. The van der Waals surface area contributed by atoms with Gasteiger partial charge in [0.05, 0.1) is 30.3 Å². The van der Waals surface area contributed by atoms with Crippen molar-refractivity contribution in [2.24, 2.45) is 5.41 Å². The highest BCUT2D eigenvalue weighted by Crippen LogP contribution is 2.40. The third kappa shape index (κ3) is 7.60. The largest absolute Gasteiger partial charge is 0.474 e. The summed E-state index contributed by atoms with van der Waals surface area (Å²) in [5.41, 5.74) is -1.20. The third-order valence-electron chi connectivity index (χ3n) is 6.52. The van der Waals surface area contributed by atoms with Gasteiger partial charge in [-0.1, -0.05) is 0 Å². The molecule has 1 saturated carbocycles. The lowest BCUT2D eigenvalue weighted by molar-refractivity contribution is -0.175. The second-order valence-electron chi connectivity index (χ2n) is 10.9. The molecule has 2 aromatic heterocycles. The summed E-state index contributed by atoms with van der Waals surface area (Å²) in [5, 5.41) is 9.84. The average Bonchev–Trinajstić information content (AvgIpc) is 3.37. The van der Waals surface area contributed by atoms with Crippen molar-refractivity contribution in [1.29, 1.82) is 0 Å². The molecule has 1 N–H and O–H groups in total. The van der Waals surface area contributed by atoms with Crippen LogP contribution in [-0.2, 0) is 20.7 Å².